The summed E-state index contributed by atoms with van der Waals surface area (Å²) in [5.41, 5.74) is 3.72. The number of rotatable bonds is 4. The first kappa shape index (κ1) is 20.6. The lowest BCUT2D eigenvalue weighted by Crippen LogP contribution is -2.36. The second-order valence-corrected chi connectivity index (χ2v) is 14.2. The number of hydrogen-bond acceptors (Lipinski definition) is 5. The van der Waals surface area contributed by atoms with Crippen molar-refractivity contribution in [3.63, 3.8) is 0 Å². The van der Waals surface area contributed by atoms with E-state index in [2.05, 4.69) is 48.3 Å². The van der Waals surface area contributed by atoms with Gasteiger partial charge in [-0.3, -0.25) is 0 Å². The Bertz CT molecular complexity index is 849. The molecular formula is C21H30N2O4Si. The Morgan fingerprint density at radius 3 is 2.71 bits per heavy atom. The predicted octanol–water partition coefficient (Wildman–Crippen LogP) is 4.03. The van der Waals surface area contributed by atoms with E-state index in [1.807, 2.05) is 26.8 Å². The number of carbonyl (C=O) groups excluding carboxylic acids is 1. The van der Waals surface area contributed by atoms with Gasteiger partial charge in [-0.15, -0.1) is 0 Å². The molecule has 1 amide bonds. The topological polar surface area (TPSA) is 73.6 Å². The minimum absolute atomic E-state index is 0.209. The smallest absolute Gasteiger partial charge is 0.407 e. The van der Waals surface area contributed by atoms with Crippen LogP contribution < -0.4 is 10.7 Å². The van der Waals surface area contributed by atoms with Crippen LogP contribution in [-0.2, 0) is 15.9 Å². The fourth-order valence-electron chi connectivity index (χ4n) is 3.23. The number of alkyl carbamates (subject to hydrolysis) is 1. The van der Waals surface area contributed by atoms with E-state index in [1.54, 1.807) is 0 Å². The summed E-state index contributed by atoms with van der Waals surface area (Å²) in [5, 5.41) is 8.14. The highest BCUT2D eigenvalue weighted by molar-refractivity contribution is 6.87. The summed E-state index contributed by atoms with van der Waals surface area (Å²) in [7, 11) is -1.55. The van der Waals surface area contributed by atoms with Crippen molar-refractivity contribution in [1.82, 2.24) is 10.5 Å². The zero-order valence-corrected chi connectivity index (χ0v) is 18.6. The van der Waals surface area contributed by atoms with E-state index >= 15 is 0 Å². The molecule has 3 rings (SSSR count). The molecule has 0 bridgehead atoms. The summed E-state index contributed by atoms with van der Waals surface area (Å²) in [6.07, 6.45) is 0.166. The first-order valence-electron chi connectivity index (χ1n) is 9.72. The maximum absolute atomic E-state index is 12.0. The van der Waals surface area contributed by atoms with Gasteiger partial charge in [-0.1, -0.05) is 43.0 Å². The monoisotopic (exact) mass is 402 g/mol. The zero-order chi connectivity index (χ0) is 20.5. The van der Waals surface area contributed by atoms with Gasteiger partial charge in [0.2, 0.25) is 0 Å². The fraction of sp³-hybridized carbons (Fsp3) is 0.524. The van der Waals surface area contributed by atoms with Gasteiger partial charge in [-0.05, 0) is 38.3 Å². The molecule has 1 unspecified atom stereocenters. The second-order valence-electron chi connectivity index (χ2n) is 9.19. The lowest BCUT2D eigenvalue weighted by Gasteiger charge is -2.28. The lowest BCUT2D eigenvalue weighted by molar-refractivity contribution is 0.0289. The fourth-order valence-corrected chi connectivity index (χ4v) is 4.12. The van der Waals surface area contributed by atoms with Crippen molar-refractivity contribution in [2.45, 2.75) is 58.5 Å². The predicted molar refractivity (Wildman–Crippen MR) is 112 cm³/mol. The van der Waals surface area contributed by atoms with E-state index in [1.165, 1.54) is 5.56 Å². The Morgan fingerprint density at radius 1 is 1.32 bits per heavy atom. The Kier molecular flexibility index (Phi) is 5.68. The number of aromatic nitrogens is 1. The van der Waals surface area contributed by atoms with Gasteiger partial charge in [0.1, 0.15) is 30.9 Å². The van der Waals surface area contributed by atoms with Crippen LogP contribution in [0.15, 0.2) is 28.8 Å². The van der Waals surface area contributed by atoms with Crippen LogP contribution in [0.5, 0.6) is 0 Å². The van der Waals surface area contributed by atoms with Crippen molar-refractivity contribution < 1.29 is 18.8 Å². The number of carbonyl (C=O) groups is 1. The Hall–Kier alpha value is -2.12. The minimum atomic E-state index is -1.55. The van der Waals surface area contributed by atoms with Crippen molar-refractivity contribution in [1.29, 1.82) is 0 Å². The highest BCUT2D eigenvalue weighted by Crippen LogP contribution is 2.33. The number of fused-ring (bicyclic) bond motifs is 1. The maximum atomic E-state index is 12.0. The molecule has 0 aliphatic carbocycles. The van der Waals surface area contributed by atoms with E-state index in [9.17, 15) is 4.79 Å². The largest absolute Gasteiger partial charge is 0.444 e. The number of nitrogens with zero attached hydrogens (tertiary/aromatic N) is 1. The molecule has 0 saturated heterocycles. The van der Waals surface area contributed by atoms with Crippen molar-refractivity contribution in [3.05, 3.63) is 35.4 Å². The summed E-state index contributed by atoms with van der Waals surface area (Å²) in [6.45, 7) is 13.2. The average molecular weight is 403 g/mol. The molecule has 1 aliphatic heterocycles. The van der Waals surface area contributed by atoms with Crippen LogP contribution in [0.3, 0.4) is 0 Å². The highest BCUT2D eigenvalue weighted by atomic mass is 28.3. The van der Waals surface area contributed by atoms with E-state index in [-0.39, 0.29) is 6.10 Å². The quantitative estimate of drug-likeness (QED) is 0.782. The molecule has 28 heavy (non-hydrogen) atoms. The molecule has 1 N–H and O–H groups in total. The first-order valence-corrected chi connectivity index (χ1v) is 13.2. The summed E-state index contributed by atoms with van der Waals surface area (Å²) in [5.74, 6) is 0. The van der Waals surface area contributed by atoms with Gasteiger partial charge in [0, 0.05) is 11.6 Å². The molecule has 0 fully saturated rings. The third-order valence-electron chi connectivity index (χ3n) is 4.59. The average Bonchev–Trinajstić information content (AvgIpc) is 3.08. The summed E-state index contributed by atoms with van der Waals surface area (Å²) in [4.78, 5) is 12.0. The van der Waals surface area contributed by atoms with E-state index in [0.29, 0.717) is 13.2 Å². The van der Waals surface area contributed by atoms with Gasteiger partial charge in [0.25, 0.3) is 0 Å². The van der Waals surface area contributed by atoms with Crippen LogP contribution >= 0.6 is 0 Å². The van der Waals surface area contributed by atoms with E-state index in [0.717, 1.165) is 28.6 Å². The third kappa shape index (κ3) is 4.83. The molecule has 7 heteroatoms. The zero-order valence-electron chi connectivity index (χ0n) is 17.6. The van der Waals surface area contributed by atoms with Gasteiger partial charge < -0.3 is 19.3 Å². The van der Waals surface area contributed by atoms with E-state index in [4.69, 9.17) is 14.0 Å². The molecule has 0 radical (unpaired) electrons. The highest BCUT2D eigenvalue weighted by Gasteiger charge is 2.27. The Morgan fingerprint density at radius 2 is 2.07 bits per heavy atom. The number of benzene rings is 1. The minimum Gasteiger partial charge on any atom is -0.444 e. The summed E-state index contributed by atoms with van der Waals surface area (Å²) in [6, 6.07) is 8.21. The Balaban J connectivity index is 1.81. The van der Waals surface area contributed by atoms with Crippen LogP contribution in [0.2, 0.25) is 19.6 Å². The van der Waals surface area contributed by atoms with Crippen molar-refractivity contribution in [2.24, 2.45) is 0 Å². The van der Waals surface area contributed by atoms with Gasteiger partial charge in [0.15, 0.2) is 0 Å². The Labute approximate surface area is 167 Å². The number of ether oxygens (including phenoxy) is 2. The normalized spacial score (nSPS) is 17.1. The van der Waals surface area contributed by atoms with Crippen molar-refractivity contribution in [3.8, 4) is 11.3 Å². The third-order valence-corrected chi connectivity index (χ3v) is 6.30. The molecule has 0 spiro atoms. The molecule has 152 valence electrons. The number of nitrogens with one attached hydrogen (secondary N) is 1. The van der Waals surface area contributed by atoms with Gasteiger partial charge >= 0.3 is 6.09 Å². The molecular weight excluding hydrogens is 372 g/mol. The molecule has 1 aliphatic rings. The van der Waals surface area contributed by atoms with Crippen molar-refractivity contribution in [2.75, 3.05) is 13.2 Å². The summed E-state index contributed by atoms with van der Waals surface area (Å²) >= 11 is 0. The summed E-state index contributed by atoms with van der Waals surface area (Å²) < 4.78 is 16.9. The van der Waals surface area contributed by atoms with Gasteiger partial charge in [-0.2, -0.15) is 0 Å². The van der Waals surface area contributed by atoms with Gasteiger partial charge in [0.05, 0.1) is 13.2 Å². The molecule has 2 heterocycles. The molecule has 1 atom stereocenters. The van der Waals surface area contributed by atoms with Crippen LogP contribution in [0.25, 0.3) is 11.3 Å². The lowest BCUT2D eigenvalue weighted by atomic mass is 9.91. The molecule has 0 saturated carbocycles. The molecule has 2 aromatic rings. The van der Waals surface area contributed by atoms with Crippen LogP contribution in [0.1, 0.15) is 38.0 Å². The van der Waals surface area contributed by atoms with Crippen LogP contribution in [-0.4, -0.2) is 38.1 Å². The molecule has 6 nitrogen and oxygen atoms in total. The van der Waals surface area contributed by atoms with Crippen LogP contribution in [0.4, 0.5) is 4.79 Å². The standard InChI is InChI=1S/C21H30N2O4Si/c1-21(2,3)26-20(24)22-13-18-16-9-7-8-15(14(16)10-11-25-18)17-12-19(27-23-17)28(4,5)6/h7-9,12,18H,10-11,13H2,1-6H3,(H,22,24). The molecule has 1 aromatic carbocycles. The van der Waals surface area contributed by atoms with E-state index < -0.39 is 19.8 Å². The second kappa shape index (κ2) is 7.71. The SMILES string of the molecule is CC(C)(C)OC(=O)NCC1OCCc2c(-c3cc([Si](C)(C)C)on3)cccc21. The number of amides is 1. The molecule has 1 aromatic heterocycles. The van der Waals surface area contributed by atoms with Crippen molar-refractivity contribution >= 4 is 19.6 Å². The van der Waals surface area contributed by atoms with Crippen LogP contribution in [0, 0.1) is 0 Å². The maximum Gasteiger partial charge on any atom is 0.407 e. The first-order chi connectivity index (χ1) is 13.0. The number of hydrogen-bond donors (Lipinski definition) is 1. The van der Waals surface area contributed by atoms with Gasteiger partial charge in [-0.25, -0.2) is 4.79 Å².